The van der Waals surface area contributed by atoms with Gasteiger partial charge in [0.25, 0.3) is 0 Å². The molecule has 0 spiro atoms. The zero-order chi connectivity index (χ0) is 13.0. The molecule has 2 unspecified atom stereocenters. The number of rotatable bonds is 4. The minimum absolute atomic E-state index is 0.489. The zero-order valence-electron chi connectivity index (χ0n) is 11.3. The van der Waals surface area contributed by atoms with E-state index in [2.05, 4.69) is 21.5 Å². The summed E-state index contributed by atoms with van der Waals surface area (Å²) in [5, 5.41) is 4.21. The highest BCUT2D eigenvalue weighted by Crippen LogP contribution is 2.28. The van der Waals surface area contributed by atoms with Gasteiger partial charge in [-0.15, -0.1) is 0 Å². The molecule has 5 heteroatoms. The minimum Gasteiger partial charge on any atom is -0.481 e. The van der Waals surface area contributed by atoms with E-state index < -0.39 is 0 Å². The van der Waals surface area contributed by atoms with E-state index in [-0.39, 0.29) is 0 Å². The Balaban J connectivity index is 2.02. The van der Waals surface area contributed by atoms with E-state index in [4.69, 9.17) is 4.74 Å². The highest BCUT2D eigenvalue weighted by Gasteiger charge is 2.21. The lowest BCUT2D eigenvalue weighted by Crippen LogP contribution is -2.29. The van der Waals surface area contributed by atoms with Crippen LogP contribution in [0, 0.1) is 6.92 Å². The SMILES string of the molecule is COc1cc(C)nc(NC2CCCC(SC)C2)n1. The fourth-order valence-electron chi connectivity index (χ4n) is 2.38. The molecule has 0 radical (unpaired) electrons. The minimum atomic E-state index is 0.489. The third kappa shape index (κ3) is 3.51. The molecule has 0 aliphatic heterocycles. The Morgan fingerprint density at radius 2 is 2.22 bits per heavy atom. The van der Waals surface area contributed by atoms with E-state index in [1.807, 2.05) is 24.8 Å². The normalized spacial score (nSPS) is 23.7. The molecule has 1 saturated carbocycles. The van der Waals surface area contributed by atoms with Crippen LogP contribution >= 0.6 is 11.8 Å². The zero-order valence-corrected chi connectivity index (χ0v) is 12.1. The summed E-state index contributed by atoms with van der Waals surface area (Å²) in [5.74, 6) is 1.32. The van der Waals surface area contributed by atoms with Gasteiger partial charge in [0.2, 0.25) is 11.8 Å². The van der Waals surface area contributed by atoms with Crippen molar-refractivity contribution in [2.24, 2.45) is 0 Å². The number of nitrogens with one attached hydrogen (secondary N) is 1. The van der Waals surface area contributed by atoms with Gasteiger partial charge in [0, 0.05) is 23.1 Å². The summed E-state index contributed by atoms with van der Waals surface area (Å²) in [6.07, 6.45) is 7.21. The van der Waals surface area contributed by atoms with Crippen LogP contribution in [-0.2, 0) is 0 Å². The topological polar surface area (TPSA) is 47.0 Å². The van der Waals surface area contributed by atoms with Gasteiger partial charge in [-0.3, -0.25) is 0 Å². The first-order valence-electron chi connectivity index (χ1n) is 6.40. The van der Waals surface area contributed by atoms with Gasteiger partial charge in [-0.1, -0.05) is 6.42 Å². The first-order chi connectivity index (χ1) is 8.71. The van der Waals surface area contributed by atoms with Gasteiger partial charge in [0.05, 0.1) is 7.11 Å². The smallest absolute Gasteiger partial charge is 0.226 e. The van der Waals surface area contributed by atoms with E-state index >= 15 is 0 Å². The Kier molecular flexibility index (Phi) is 4.69. The number of hydrogen-bond acceptors (Lipinski definition) is 5. The molecule has 1 heterocycles. The highest BCUT2D eigenvalue weighted by molar-refractivity contribution is 7.99. The number of anilines is 1. The summed E-state index contributed by atoms with van der Waals surface area (Å²) in [4.78, 5) is 8.76. The molecule has 1 aromatic rings. The maximum Gasteiger partial charge on any atom is 0.226 e. The molecule has 1 aliphatic rings. The summed E-state index contributed by atoms with van der Waals surface area (Å²) in [6.45, 7) is 1.96. The van der Waals surface area contributed by atoms with Gasteiger partial charge in [-0.25, -0.2) is 4.98 Å². The Labute approximate surface area is 113 Å². The summed E-state index contributed by atoms with van der Waals surface area (Å²) in [5.41, 5.74) is 0.932. The molecule has 2 atom stereocenters. The Bertz CT molecular complexity index is 400. The molecule has 18 heavy (non-hydrogen) atoms. The number of hydrogen-bond donors (Lipinski definition) is 1. The van der Waals surface area contributed by atoms with Crippen LogP contribution in [0.25, 0.3) is 0 Å². The van der Waals surface area contributed by atoms with Gasteiger partial charge in [0.1, 0.15) is 0 Å². The van der Waals surface area contributed by atoms with Crippen LogP contribution in [0.2, 0.25) is 0 Å². The van der Waals surface area contributed by atoms with Crippen molar-refractivity contribution in [3.63, 3.8) is 0 Å². The summed E-state index contributed by atoms with van der Waals surface area (Å²) in [7, 11) is 1.63. The molecule has 1 aromatic heterocycles. The third-order valence-corrected chi connectivity index (χ3v) is 4.43. The van der Waals surface area contributed by atoms with Crippen molar-refractivity contribution in [3.05, 3.63) is 11.8 Å². The second-order valence-electron chi connectivity index (χ2n) is 4.74. The molecule has 0 bridgehead atoms. The quantitative estimate of drug-likeness (QED) is 0.909. The van der Waals surface area contributed by atoms with Crippen LogP contribution in [0.15, 0.2) is 6.07 Å². The van der Waals surface area contributed by atoms with Crippen molar-refractivity contribution < 1.29 is 4.74 Å². The Morgan fingerprint density at radius 3 is 2.94 bits per heavy atom. The number of thioether (sulfide) groups is 1. The van der Waals surface area contributed by atoms with Gasteiger partial charge < -0.3 is 10.1 Å². The monoisotopic (exact) mass is 267 g/mol. The standard InChI is InChI=1S/C13H21N3OS/c1-9-7-12(17-2)16-13(14-9)15-10-5-4-6-11(8-10)18-3/h7,10-11H,4-6,8H2,1-3H3,(H,14,15,16). The average Bonchev–Trinajstić information content (AvgIpc) is 2.38. The first-order valence-corrected chi connectivity index (χ1v) is 7.69. The maximum absolute atomic E-state index is 5.17. The lowest BCUT2D eigenvalue weighted by molar-refractivity contribution is 0.396. The summed E-state index contributed by atoms with van der Waals surface area (Å²) >= 11 is 1.97. The largest absolute Gasteiger partial charge is 0.481 e. The Hall–Kier alpha value is -0.970. The molecule has 1 N–H and O–H groups in total. The fourth-order valence-corrected chi connectivity index (χ4v) is 3.21. The molecule has 100 valence electrons. The summed E-state index contributed by atoms with van der Waals surface area (Å²) < 4.78 is 5.17. The number of aromatic nitrogens is 2. The van der Waals surface area contributed by atoms with E-state index in [0.717, 1.165) is 10.9 Å². The third-order valence-electron chi connectivity index (χ3n) is 3.33. The molecule has 1 aliphatic carbocycles. The number of ether oxygens (including phenoxy) is 1. The Morgan fingerprint density at radius 1 is 1.39 bits per heavy atom. The highest BCUT2D eigenvalue weighted by atomic mass is 32.2. The van der Waals surface area contributed by atoms with Crippen LogP contribution in [0.4, 0.5) is 5.95 Å². The average molecular weight is 267 g/mol. The van der Waals surface area contributed by atoms with E-state index in [0.29, 0.717) is 17.9 Å². The van der Waals surface area contributed by atoms with Crippen LogP contribution in [0.1, 0.15) is 31.4 Å². The number of aryl methyl sites for hydroxylation is 1. The molecule has 0 aromatic carbocycles. The first kappa shape index (κ1) is 13.5. The van der Waals surface area contributed by atoms with Gasteiger partial charge >= 0.3 is 0 Å². The van der Waals surface area contributed by atoms with Crippen LogP contribution in [-0.4, -0.2) is 34.6 Å². The number of nitrogens with zero attached hydrogens (tertiary/aromatic N) is 2. The molecule has 2 rings (SSSR count). The molecular weight excluding hydrogens is 246 g/mol. The lowest BCUT2D eigenvalue weighted by atomic mass is 9.95. The predicted octanol–water partition coefficient (Wildman–Crippen LogP) is 2.88. The molecule has 0 amide bonds. The predicted molar refractivity (Wildman–Crippen MR) is 76.5 cm³/mol. The van der Waals surface area contributed by atoms with Crippen molar-refractivity contribution in [3.8, 4) is 5.88 Å². The van der Waals surface area contributed by atoms with Crippen molar-refractivity contribution in [1.82, 2.24) is 9.97 Å². The molecular formula is C13H21N3OS. The van der Waals surface area contributed by atoms with Crippen molar-refractivity contribution in [1.29, 1.82) is 0 Å². The van der Waals surface area contributed by atoms with Crippen LogP contribution in [0.3, 0.4) is 0 Å². The van der Waals surface area contributed by atoms with Crippen molar-refractivity contribution >= 4 is 17.7 Å². The lowest BCUT2D eigenvalue weighted by Gasteiger charge is -2.28. The molecule has 4 nitrogen and oxygen atoms in total. The van der Waals surface area contributed by atoms with E-state index in [1.54, 1.807) is 7.11 Å². The van der Waals surface area contributed by atoms with Crippen LogP contribution in [0.5, 0.6) is 5.88 Å². The van der Waals surface area contributed by atoms with E-state index in [9.17, 15) is 0 Å². The summed E-state index contributed by atoms with van der Waals surface area (Å²) in [6, 6.07) is 2.33. The van der Waals surface area contributed by atoms with Gasteiger partial charge in [0.15, 0.2) is 0 Å². The van der Waals surface area contributed by atoms with E-state index in [1.165, 1.54) is 25.7 Å². The number of methoxy groups -OCH3 is 1. The fraction of sp³-hybridized carbons (Fsp3) is 0.692. The second-order valence-corrected chi connectivity index (χ2v) is 5.88. The maximum atomic E-state index is 5.17. The molecule has 1 fully saturated rings. The second kappa shape index (κ2) is 6.27. The molecule has 0 saturated heterocycles. The van der Waals surface area contributed by atoms with Gasteiger partial charge in [-0.2, -0.15) is 16.7 Å². The van der Waals surface area contributed by atoms with Crippen LogP contribution < -0.4 is 10.1 Å². The van der Waals surface area contributed by atoms with Crippen molar-refractivity contribution in [2.45, 2.75) is 43.9 Å². The van der Waals surface area contributed by atoms with Crippen molar-refractivity contribution in [2.75, 3.05) is 18.7 Å². The van der Waals surface area contributed by atoms with Gasteiger partial charge in [-0.05, 0) is 32.4 Å².